The summed E-state index contributed by atoms with van der Waals surface area (Å²) in [5.74, 6) is -0.761. The van der Waals surface area contributed by atoms with E-state index in [2.05, 4.69) is 0 Å². The van der Waals surface area contributed by atoms with Crippen molar-refractivity contribution in [3.05, 3.63) is 94.6 Å². The number of hydrogen-bond donors (Lipinski definition) is 0. The van der Waals surface area contributed by atoms with E-state index in [4.69, 9.17) is 240 Å². The summed E-state index contributed by atoms with van der Waals surface area (Å²) in [6.45, 7) is 3.72. The molecule has 342 valence electrons. The Kier molecular flexibility index (Phi) is 36.9. The van der Waals surface area contributed by atoms with Crippen molar-refractivity contribution in [1.29, 1.82) is 0 Å². The van der Waals surface area contributed by atoms with Crippen molar-refractivity contribution in [3.8, 4) is 0 Å². The topological polar surface area (TPSA) is 37.4 Å². The average molecular weight is 1090 g/mol. The predicted octanol–water partition coefficient (Wildman–Crippen LogP) is -17.1. The van der Waals surface area contributed by atoms with Crippen LogP contribution in [0.4, 0.5) is 14.5 Å². The number of benzene rings is 3. The molecular weight excluding hydrogens is 1070 g/mol. The third-order valence-electron chi connectivity index (χ3n) is 18.3. The van der Waals surface area contributed by atoms with Gasteiger partial charge in [-0.15, -0.1) is 0 Å². The zero-order chi connectivity index (χ0) is 69.9. The van der Waals surface area contributed by atoms with Gasteiger partial charge in [-0.3, -0.25) is 4.31 Å². The van der Waals surface area contributed by atoms with E-state index in [1.807, 2.05) is 19.9 Å². The first-order chi connectivity index (χ1) is 42.0. The third kappa shape index (κ3) is 22.6. The highest BCUT2D eigenvalue weighted by atomic mass is 32.2. The van der Waals surface area contributed by atoms with Gasteiger partial charge < -0.3 is 0 Å². The molecule has 1 aliphatic heterocycles. The Balaban J connectivity index is 0.000000574. The Hall–Kier alpha value is 1.17. The third-order valence-corrected chi connectivity index (χ3v) is 20.2. The molecular formula is C25H25B60F2NO2S. The van der Waals surface area contributed by atoms with Crippen molar-refractivity contribution >= 4 is 441 Å². The van der Waals surface area contributed by atoms with Crippen molar-refractivity contribution in [3.63, 3.8) is 0 Å². The van der Waals surface area contributed by atoms with Gasteiger partial charge in [0.15, 0.2) is 0 Å². The van der Waals surface area contributed by atoms with Gasteiger partial charge in [-0.1, -0.05) is 35.9 Å². The molecule has 4 rings (SSSR count). The lowest BCUT2D eigenvalue weighted by Gasteiger charge is -2.59. The molecule has 91 heavy (non-hydrogen) atoms. The zero-order valence-electron chi connectivity index (χ0n) is 52.2. The van der Waals surface area contributed by atoms with E-state index in [1.165, 1.54) is 22.5 Å². The molecule has 3 nitrogen and oxygen atoms in total. The van der Waals surface area contributed by atoms with Crippen LogP contribution < -0.4 is 4.31 Å². The summed E-state index contributed by atoms with van der Waals surface area (Å²) in [5, 5.41) is 0. The van der Waals surface area contributed by atoms with Gasteiger partial charge in [0.25, 0.3) is 10.0 Å². The average Bonchev–Trinajstić information content (AvgIpc) is 0.737. The normalized spacial score (nSPS) is 12.0. The minimum atomic E-state index is -3.91. The van der Waals surface area contributed by atoms with Crippen LogP contribution >= 0.6 is 0 Å². The van der Waals surface area contributed by atoms with E-state index in [9.17, 15) is 17.2 Å². The van der Waals surface area contributed by atoms with Crippen molar-refractivity contribution in [2.75, 3.05) is 4.31 Å². The number of halogens is 2. The smallest absolute Gasteiger partial charge is 0.263 e. The van der Waals surface area contributed by atoms with Crippen LogP contribution in [-0.4, -0.2) is 439 Å². The second kappa shape index (κ2) is 38.8. The molecule has 66 heteroatoms. The van der Waals surface area contributed by atoms with Crippen molar-refractivity contribution in [2.24, 2.45) is 0 Å². The van der Waals surface area contributed by atoms with Crippen molar-refractivity contribution in [2.45, 2.75) is 50.5 Å². The van der Waals surface area contributed by atoms with E-state index < -0.39 is 201 Å². The summed E-state index contributed by atoms with van der Waals surface area (Å²) in [6.07, 6.45) is -39.4. The van der Waals surface area contributed by atoms with E-state index in [1.54, 1.807) is 36.4 Å². The molecule has 62 radical (unpaired) electrons. The van der Waals surface area contributed by atoms with Gasteiger partial charge in [-0.25, -0.2) is 17.2 Å². The summed E-state index contributed by atoms with van der Waals surface area (Å²) in [6, 6.07) is 15.7. The number of fused-ring (bicyclic) bond motifs is 1. The quantitative estimate of drug-likeness (QED) is 0.0570. The SMILES string of the molecule is Cc1ccc(S(=O)(=O)N2c3cc(F)ccc3CCC2CCc2ccc(C)cc2F)cc1.[B]B([B])B([B])B(B(B([B])[B])B([B])[B])B(B(B(B([B])[B])B([B])[B])B(B([B])[B])B([B])[B])B(B(B(B([B])[B])B([B])[B])B(B([B])[B])B([B])[B])B(B(B([B])[B])B([B])[B])B(B([B])[B])B([B])[B]. The molecule has 0 bridgehead atoms. The summed E-state index contributed by atoms with van der Waals surface area (Å²) in [5.41, 5.74) is 3.53. The Morgan fingerprint density at radius 3 is 1.01 bits per heavy atom. The molecule has 0 amide bonds. The van der Waals surface area contributed by atoms with Crippen LogP contribution in [-0.2, 0) is 22.9 Å². The second-order valence-corrected chi connectivity index (χ2v) is 26.8. The minimum absolute atomic E-state index is 0.168. The number of sulfonamides is 1. The molecule has 0 saturated carbocycles. The second-order valence-electron chi connectivity index (χ2n) is 25.0. The number of anilines is 1. The van der Waals surface area contributed by atoms with Crippen molar-refractivity contribution in [1.82, 2.24) is 0 Å². The molecule has 0 aliphatic carbocycles. The first kappa shape index (κ1) is 86.4. The van der Waals surface area contributed by atoms with Gasteiger partial charge in [0, 0.05) is 431 Å². The number of nitrogens with zero attached hydrogens (tertiary/aromatic N) is 1. The van der Waals surface area contributed by atoms with Gasteiger partial charge in [0.2, 0.25) is 0 Å². The molecule has 0 N–H and O–H groups in total. The van der Waals surface area contributed by atoms with E-state index >= 15 is 0 Å². The number of hydrogen-bond acceptors (Lipinski definition) is 2. The lowest BCUT2D eigenvalue weighted by molar-refractivity contribution is 0.515. The van der Waals surface area contributed by atoms with Crippen LogP contribution in [0.1, 0.15) is 35.1 Å². The molecule has 3 aromatic rings. The maximum atomic E-state index is 14.3. The molecule has 0 fully saturated rings. The van der Waals surface area contributed by atoms with Crippen LogP contribution in [0.25, 0.3) is 0 Å². The van der Waals surface area contributed by atoms with Crippen LogP contribution in [0, 0.1) is 25.5 Å². The minimum Gasteiger partial charge on any atom is -0.263 e. The Labute approximate surface area is 602 Å². The standard InChI is InChI=1S/C25H25F2NO2S.B60/c1-17-4-13-23(14-5-17)31(29,30)28-22(11-8-19-6-3-18(2)15-24(19)27)12-9-20-7-10-21(26)16-25(20)28;1-32(2)47(31)55(48(33(3)4)34(5)6)59(56(49(35(7)8)36(9)10)50(37(11)12)38(13)14)60(57(51(39(15)16)40(17)18)52(41(19)20)42(21)22)58(53(43(23)24)44(25)26)54(45(27)28)46(29)30/h3-7,10,13-16,22H,8-9,11-12H2,1-2H3;. The van der Waals surface area contributed by atoms with Crippen LogP contribution in [0.5, 0.6) is 0 Å². The largest absolute Gasteiger partial charge is 0.264 e. The maximum Gasteiger partial charge on any atom is 0.264 e. The molecule has 1 heterocycles. The highest BCUT2D eigenvalue weighted by Gasteiger charge is 2.62. The molecule has 0 aromatic heterocycles. The predicted molar refractivity (Wildman–Crippen MR) is 464 cm³/mol. The highest BCUT2D eigenvalue weighted by molar-refractivity contribution is 8.38. The Morgan fingerprint density at radius 2 is 0.692 bits per heavy atom. The Bertz CT molecular complexity index is 2590. The van der Waals surface area contributed by atoms with E-state index in [-0.39, 0.29) is 16.8 Å². The monoisotopic (exact) mass is 1100 g/mol. The van der Waals surface area contributed by atoms with E-state index in [0.29, 0.717) is 36.9 Å². The zero-order valence-corrected chi connectivity index (χ0v) is 53.1. The number of aryl methyl sites for hydroxylation is 4. The van der Waals surface area contributed by atoms with Crippen molar-refractivity contribution < 1.29 is 17.2 Å². The summed E-state index contributed by atoms with van der Waals surface area (Å²) in [4.78, 5) is 0.168. The summed E-state index contributed by atoms with van der Waals surface area (Å²) < 4.78 is 57.1. The van der Waals surface area contributed by atoms with Gasteiger partial charge in [-0.2, -0.15) is 0 Å². The Morgan fingerprint density at radius 1 is 0.385 bits per heavy atom. The van der Waals surface area contributed by atoms with Crippen LogP contribution in [0.2, 0.25) is 0 Å². The molecule has 0 spiro atoms. The van der Waals surface area contributed by atoms with Gasteiger partial charge in [0.05, 0.1) is 10.6 Å². The van der Waals surface area contributed by atoms with Crippen LogP contribution in [0.3, 0.4) is 0 Å². The van der Waals surface area contributed by atoms with Crippen LogP contribution in [0.15, 0.2) is 65.6 Å². The summed E-state index contributed by atoms with van der Waals surface area (Å²) in [7, 11) is 200. The molecule has 3 aromatic carbocycles. The maximum absolute atomic E-state index is 14.3. The number of rotatable bonds is 33. The van der Waals surface area contributed by atoms with Gasteiger partial charge in [0.1, 0.15) is 11.6 Å². The molecule has 0 saturated heterocycles. The fourth-order valence-corrected chi connectivity index (χ4v) is 16.2. The fourth-order valence-electron chi connectivity index (χ4n) is 14.4. The van der Waals surface area contributed by atoms with Gasteiger partial charge >= 0.3 is 0 Å². The lowest BCUT2D eigenvalue weighted by Crippen LogP contribution is -2.97. The first-order valence-corrected chi connectivity index (χ1v) is 31.5. The first-order valence-electron chi connectivity index (χ1n) is 30.1. The molecule has 1 aliphatic rings. The highest BCUT2D eigenvalue weighted by Crippen LogP contribution is 2.38. The molecule has 1 atom stereocenters. The fraction of sp³-hybridized carbons (Fsp3) is 0.280. The van der Waals surface area contributed by atoms with Gasteiger partial charge in [-0.05, 0) is 86.6 Å². The summed E-state index contributed by atoms with van der Waals surface area (Å²) >= 11 is 0. The molecule has 1 unspecified atom stereocenters. The van der Waals surface area contributed by atoms with E-state index in [0.717, 1.165) is 16.7 Å². The lowest BCUT2D eigenvalue weighted by atomic mass is 8.23.